The van der Waals surface area contributed by atoms with Crippen molar-refractivity contribution >= 4 is 16.8 Å². The van der Waals surface area contributed by atoms with Crippen LogP contribution in [-0.4, -0.2) is 30.0 Å². The van der Waals surface area contributed by atoms with Gasteiger partial charge in [-0.15, -0.1) is 0 Å². The van der Waals surface area contributed by atoms with Gasteiger partial charge in [-0.25, -0.2) is 18.1 Å². The lowest BCUT2D eigenvalue weighted by Crippen LogP contribution is -2.34. The Morgan fingerprint density at radius 1 is 0.971 bits per heavy atom. The summed E-state index contributed by atoms with van der Waals surface area (Å²) in [5.74, 6) is -0.894. The van der Waals surface area contributed by atoms with E-state index in [4.69, 9.17) is 0 Å². The molecule has 0 fully saturated rings. The van der Waals surface area contributed by atoms with E-state index in [-0.39, 0.29) is 18.5 Å². The maximum Gasteiger partial charge on any atom is 0.280 e. The number of hydrogen-bond acceptors (Lipinski definition) is 4. The largest absolute Gasteiger partial charge is 0.350 e. The average molecular weight is 474 g/mol. The molecule has 0 saturated heterocycles. The fourth-order valence-corrected chi connectivity index (χ4v) is 3.91. The van der Waals surface area contributed by atoms with Gasteiger partial charge in [0, 0.05) is 18.9 Å². The van der Waals surface area contributed by atoms with E-state index >= 15 is 0 Å². The van der Waals surface area contributed by atoms with Crippen molar-refractivity contribution in [3.8, 4) is 11.5 Å². The number of aromatic nitrogens is 5. The highest BCUT2D eigenvalue weighted by Crippen LogP contribution is 2.24. The SMILES string of the molecule is Cc1nn(CC(=O)NCc2cccc(F)c2)c(=O)c2c(-n3cccc3)n(-c3cccc(F)c3)nc12. The van der Waals surface area contributed by atoms with Gasteiger partial charge in [-0.1, -0.05) is 18.2 Å². The maximum absolute atomic E-state index is 14.0. The normalized spacial score (nSPS) is 11.2. The Hall–Kier alpha value is -4.60. The first kappa shape index (κ1) is 22.2. The van der Waals surface area contributed by atoms with Crippen molar-refractivity contribution in [2.24, 2.45) is 0 Å². The first-order valence-electron chi connectivity index (χ1n) is 10.8. The zero-order chi connectivity index (χ0) is 24.5. The van der Waals surface area contributed by atoms with Gasteiger partial charge in [0.15, 0.2) is 5.82 Å². The van der Waals surface area contributed by atoms with Crippen LogP contribution in [0, 0.1) is 18.6 Å². The van der Waals surface area contributed by atoms with Crippen molar-refractivity contribution in [3.63, 3.8) is 0 Å². The maximum atomic E-state index is 14.0. The monoisotopic (exact) mass is 474 g/mol. The minimum absolute atomic E-state index is 0.110. The van der Waals surface area contributed by atoms with Gasteiger partial charge in [0.1, 0.15) is 29.1 Å². The number of fused-ring (bicyclic) bond motifs is 1. The second kappa shape index (κ2) is 8.98. The van der Waals surface area contributed by atoms with Crippen LogP contribution in [0.15, 0.2) is 77.9 Å². The van der Waals surface area contributed by atoms with Crippen LogP contribution in [0.4, 0.5) is 8.78 Å². The molecule has 0 unspecified atom stereocenters. The van der Waals surface area contributed by atoms with Gasteiger partial charge in [0.25, 0.3) is 5.56 Å². The fraction of sp³-hybridized carbons (Fsp3) is 0.120. The van der Waals surface area contributed by atoms with Gasteiger partial charge in [-0.2, -0.15) is 10.2 Å². The van der Waals surface area contributed by atoms with Crippen LogP contribution in [0.5, 0.6) is 0 Å². The molecule has 1 amide bonds. The van der Waals surface area contributed by atoms with Crippen LogP contribution < -0.4 is 10.9 Å². The van der Waals surface area contributed by atoms with Crippen molar-refractivity contribution in [2.75, 3.05) is 0 Å². The number of nitrogens with zero attached hydrogens (tertiary/aromatic N) is 5. The smallest absolute Gasteiger partial charge is 0.280 e. The number of halogens is 2. The highest BCUT2D eigenvalue weighted by atomic mass is 19.1. The zero-order valence-corrected chi connectivity index (χ0v) is 18.7. The molecule has 0 aliphatic carbocycles. The molecule has 2 aromatic carbocycles. The van der Waals surface area contributed by atoms with Gasteiger partial charge in [0.2, 0.25) is 5.91 Å². The fourth-order valence-electron chi connectivity index (χ4n) is 3.91. The summed E-state index contributed by atoms with van der Waals surface area (Å²) in [5, 5.41) is 11.8. The van der Waals surface area contributed by atoms with Crippen LogP contribution in [-0.2, 0) is 17.9 Å². The summed E-state index contributed by atoms with van der Waals surface area (Å²) in [7, 11) is 0. The molecule has 0 bridgehead atoms. The Morgan fingerprint density at radius 3 is 2.40 bits per heavy atom. The van der Waals surface area contributed by atoms with E-state index < -0.39 is 23.1 Å². The predicted octanol–water partition coefficient (Wildman–Crippen LogP) is 3.28. The quantitative estimate of drug-likeness (QED) is 0.409. The molecule has 8 nitrogen and oxygen atoms in total. The van der Waals surface area contributed by atoms with E-state index in [9.17, 15) is 18.4 Å². The summed E-state index contributed by atoms with van der Waals surface area (Å²) in [5.41, 5.74) is 1.29. The number of aryl methyl sites for hydroxylation is 1. The van der Waals surface area contributed by atoms with E-state index in [1.54, 1.807) is 60.3 Å². The van der Waals surface area contributed by atoms with Crippen molar-refractivity contribution in [3.05, 3.63) is 106 Å². The highest BCUT2D eigenvalue weighted by molar-refractivity contribution is 5.88. The van der Waals surface area contributed by atoms with Gasteiger partial charge >= 0.3 is 0 Å². The molecule has 0 atom stereocenters. The molecule has 0 aliphatic rings. The third-order valence-electron chi connectivity index (χ3n) is 5.50. The van der Waals surface area contributed by atoms with Gasteiger partial charge < -0.3 is 9.88 Å². The molecule has 1 N–H and O–H groups in total. The Balaban J connectivity index is 1.56. The second-order valence-corrected chi connectivity index (χ2v) is 7.98. The first-order valence-corrected chi connectivity index (χ1v) is 10.8. The van der Waals surface area contributed by atoms with E-state index in [1.807, 2.05) is 0 Å². The molecule has 0 aliphatic heterocycles. The topological polar surface area (TPSA) is 86.7 Å². The number of rotatable bonds is 6. The minimum atomic E-state index is -0.516. The third kappa shape index (κ3) is 4.33. The molecular weight excluding hydrogens is 454 g/mol. The van der Waals surface area contributed by atoms with Crippen LogP contribution in [0.25, 0.3) is 22.4 Å². The summed E-state index contributed by atoms with van der Waals surface area (Å²) in [4.78, 5) is 26.1. The summed E-state index contributed by atoms with van der Waals surface area (Å²) in [6.07, 6.45) is 3.50. The Kier molecular flexibility index (Phi) is 5.69. The van der Waals surface area contributed by atoms with Crippen LogP contribution in [0.2, 0.25) is 0 Å². The van der Waals surface area contributed by atoms with Gasteiger partial charge in [-0.3, -0.25) is 9.59 Å². The summed E-state index contributed by atoms with van der Waals surface area (Å²) in [6, 6.07) is 15.4. The van der Waals surface area contributed by atoms with Crippen molar-refractivity contribution in [2.45, 2.75) is 20.0 Å². The number of hydrogen-bond donors (Lipinski definition) is 1. The Morgan fingerprint density at radius 2 is 1.69 bits per heavy atom. The molecular formula is C25H20F2N6O2. The molecule has 0 radical (unpaired) electrons. The van der Waals surface area contributed by atoms with E-state index in [0.717, 1.165) is 4.68 Å². The molecule has 0 spiro atoms. The number of nitrogens with one attached hydrogen (secondary N) is 1. The molecule has 0 saturated carbocycles. The number of carbonyl (C=O) groups is 1. The molecule has 3 heterocycles. The van der Waals surface area contributed by atoms with Crippen LogP contribution >= 0.6 is 0 Å². The first-order chi connectivity index (χ1) is 16.9. The molecule has 10 heteroatoms. The molecule has 176 valence electrons. The van der Waals surface area contributed by atoms with E-state index in [2.05, 4.69) is 15.5 Å². The standard InChI is InChI=1S/C25H20F2N6O2/c1-16-23-22(24(31-10-2-3-11-31)33(30-23)20-9-5-8-19(27)13-20)25(35)32(29-16)15-21(34)28-14-17-6-4-7-18(26)12-17/h2-13H,14-15H2,1H3,(H,28,34). The number of benzene rings is 2. The average Bonchev–Trinajstić information content (AvgIpc) is 3.49. The number of amides is 1. The minimum Gasteiger partial charge on any atom is -0.350 e. The molecule has 5 rings (SSSR count). The lowest BCUT2D eigenvalue weighted by Gasteiger charge is -2.10. The highest BCUT2D eigenvalue weighted by Gasteiger charge is 2.22. The van der Waals surface area contributed by atoms with Gasteiger partial charge in [0.05, 0.1) is 11.4 Å². The zero-order valence-electron chi connectivity index (χ0n) is 18.7. The Labute approximate surface area is 198 Å². The molecule has 5 aromatic rings. The van der Waals surface area contributed by atoms with E-state index in [0.29, 0.717) is 28.3 Å². The lowest BCUT2D eigenvalue weighted by atomic mass is 10.2. The summed E-state index contributed by atoms with van der Waals surface area (Å²) < 4.78 is 31.6. The van der Waals surface area contributed by atoms with Crippen LogP contribution in [0.3, 0.4) is 0 Å². The lowest BCUT2D eigenvalue weighted by molar-refractivity contribution is -0.122. The Bertz CT molecular complexity index is 1600. The van der Waals surface area contributed by atoms with Crippen LogP contribution in [0.1, 0.15) is 11.3 Å². The molecule has 35 heavy (non-hydrogen) atoms. The van der Waals surface area contributed by atoms with Crippen molar-refractivity contribution < 1.29 is 13.6 Å². The second-order valence-electron chi connectivity index (χ2n) is 7.98. The van der Waals surface area contributed by atoms with Gasteiger partial charge in [-0.05, 0) is 55.0 Å². The summed E-state index contributed by atoms with van der Waals surface area (Å²) in [6.45, 7) is 1.46. The predicted molar refractivity (Wildman–Crippen MR) is 125 cm³/mol. The van der Waals surface area contributed by atoms with Crippen molar-refractivity contribution in [1.29, 1.82) is 0 Å². The summed E-state index contributed by atoms with van der Waals surface area (Å²) >= 11 is 0. The van der Waals surface area contributed by atoms with Crippen molar-refractivity contribution in [1.82, 2.24) is 29.4 Å². The van der Waals surface area contributed by atoms with E-state index in [1.165, 1.54) is 28.9 Å². The molecule has 3 aromatic heterocycles. The third-order valence-corrected chi connectivity index (χ3v) is 5.50. The number of carbonyl (C=O) groups excluding carboxylic acids is 1.